The SMILES string of the molecule is CC(=O)c1c(F)cccc1Oc1ccc(Br)c(C)c1. The number of hydrogen-bond acceptors (Lipinski definition) is 2. The minimum atomic E-state index is -0.571. The Labute approximate surface area is 119 Å². The van der Waals surface area contributed by atoms with Gasteiger partial charge in [-0.2, -0.15) is 0 Å². The number of hydrogen-bond donors (Lipinski definition) is 0. The van der Waals surface area contributed by atoms with Crippen molar-refractivity contribution in [3.05, 3.63) is 57.8 Å². The van der Waals surface area contributed by atoms with Crippen LogP contribution in [-0.2, 0) is 0 Å². The van der Waals surface area contributed by atoms with Crippen LogP contribution in [0.5, 0.6) is 11.5 Å². The molecule has 0 aliphatic carbocycles. The van der Waals surface area contributed by atoms with Gasteiger partial charge in [0.25, 0.3) is 0 Å². The third-order valence-corrected chi connectivity index (χ3v) is 3.57. The summed E-state index contributed by atoms with van der Waals surface area (Å²) in [6.07, 6.45) is 0. The monoisotopic (exact) mass is 322 g/mol. The van der Waals surface area contributed by atoms with E-state index in [1.54, 1.807) is 12.1 Å². The lowest BCUT2D eigenvalue weighted by Gasteiger charge is -2.11. The van der Waals surface area contributed by atoms with Crippen LogP contribution in [0.4, 0.5) is 4.39 Å². The molecular formula is C15H12BrFO2. The molecule has 2 aromatic carbocycles. The average molecular weight is 323 g/mol. The molecule has 19 heavy (non-hydrogen) atoms. The summed E-state index contributed by atoms with van der Waals surface area (Å²) in [7, 11) is 0. The van der Waals surface area contributed by atoms with E-state index in [2.05, 4.69) is 15.9 Å². The normalized spacial score (nSPS) is 10.3. The Bertz CT molecular complexity index is 638. The topological polar surface area (TPSA) is 26.3 Å². The van der Waals surface area contributed by atoms with Gasteiger partial charge >= 0.3 is 0 Å². The van der Waals surface area contributed by atoms with Gasteiger partial charge in [-0.25, -0.2) is 4.39 Å². The van der Waals surface area contributed by atoms with E-state index in [0.29, 0.717) is 5.75 Å². The summed E-state index contributed by atoms with van der Waals surface area (Å²) in [6.45, 7) is 3.24. The predicted octanol–water partition coefficient (Wildman–Crippen LogP) is 4.89. The molecule has 0 spiro atoms. The number of aryl methyl sites for hydroxylation is 1. The molecule has 2 rings (SSSR count). The summed E-state index contributed by atoms with van der Waals surface area (Å²) in [5.41, 5.74) is 0.973. The van der Waals surface area contributed by atoms with Gasteiger partial charge in [-0.15, -0.1) is 0 Å². The second-order valence-corrected chi connectivity index (χ2v) is 5.04. The van der Waals surface area contributed by atoms with E-state index in [1.807, 2.05) is 19.1 Å². The van der Waals surface area contributed by atoms with Crippen LogP contribution < -0.4 is 4.74 Å². The maximum Gasteiger partial charge on any atom is 0.166 e. The Kier molecular flexibility index (Phi) is 4.00. The number of carbonyl (C=O) groups is 1. The molecule has 0 unspecified atom stereocenters. The Hall–Kier alpha value is -1.68. The van der Waals surface area contributed by atoms with Crippen molar-refractivity contribution in [1.82, 2.24) is 0 Å². The Morgan fingerprint density at radius 2 is 2.00 bits per heavy atom. The zero-order chi connectivity index (χ0) is 14.0. The van der Waals surface area contributed by atoms with E-state index < -0.39 is 5.82 Å². The number of halogens is 2. The molecule has 0 aliphatic rings. The quantitative estimate of drug-likeness (QED) is 0.752. The van der Waals surface area contributed by atoms with Gasteiger partial charge in [0.2, 0.25) is 0 Å². The van der Waals surface area contributed by atoms with Crippen molar-refractivity contribution < 1.29 is 13.9 Å². The molecule has 0 N–H and O–H groups in total. The minimum absolute atomic E-state index is 0.0249. The molecule has 2 aromatic rings. The van der Waals surface area contributed by atoms with Crippen molar-refractivity contribution in [2.24, 2.45) is 0 Å². The fraction of sp³-hybridized carbons (Fsp3) is 0.133. The van der Waals surface area contributed by atoms with Crippen molar-refractivity contribution in [3.8, 4) is 11.5 Å². The van der Waals surface area contributed by atoms with Crippen LogP contribution in [0.25, 0.3) is 0 Å². The molecule has 0 saturated carbocycles. The van der Waals surface area contributed by atoms with Crippen molar-refractivity contribution in [2.75, 3.05) is 0 Å². The molecule has 0 aromatic heterocycles. The molecule has 0 saturated heterocycles. The third kappa shape index (κ3) is 3.01. The zero-order valence-corrected chi connectivity index (χ0v) is 12.1. The van der Waals surface area contributed by atoms with Crippen molar-refractivity contribution in [2.45, 2.75) is 13.8 Å². The van der Waals surface area contributed by atoms with Gasteiger partial charge in [0.15, 0.2) is 5.78 Å². The maximum absolute atomic E-state index is 13.6. The molecule has 0 aliphatic heterocycles. The third-order valence-electron chi connectivity index (χ3n) is 2.68. The highest BCUT2D eigenvalue weighted by Crippen LogP contribution is 2.29. The van der Waals surface area contributed by atoms with E-state index in [-0.39, 0.29) is 17.1 Å². The molecule has 0 atom stereocenters. The second-order valence-electron chi connectivity index (χ2n) is 4.18. The van der Waals surface area contributed by atoms with Crippen LogP contribution in [0.3, 0.4) is 0 Å². The molecular weight excluding hydrogens is 311 g/mol. The van der Waals surface area contributed by atoms with Crippen LogP contribution in [0.2, 0.25) is 0 Å². The average Bonchev–Trinajstić information content (AvgIpc) is 2.33. The highest BCUT2D eigenvalue weighted by Gasteiger charge is 2.14. The molecule has 0 radical (unpaired) electrons. The van der Waals surface area contributed by atoms with Gasteiger partial charge in [0.1, 0.15) is 17.3 Å². The molecule has 4 heteroatoms. The highest BCUT2D eigenvalue weighted by molar-refractivity contribution is 9.10. The first-order valence-corrected chi connectivity index (χ1v) is 6.52. The summed E-state index contributed by atoms with van der Waals surface area (Å²) in [5, 5.41) is 0. The standard InChI is InChI=1S/C15H12BrFO2/c1-9-8-11(6-7-12(9)16)19-14-5-3-4-13(17)15(14)10(2)18/h3-8H,1-2H3. The van der Waals surface area contributed by atoms with Crippen LogP contribution in [0, 0.1) is 12.7 Å². The first-order valence-electron chi connectivity index (χ1n) is 5.72. The van der Waals surface area contributed by atoms with E-state index in [1.165, 1.54) is 19.1 Å². The molecule has 98 valence electrons. The lowest BCUT2D eigenvalue weighted by atomic mass is 10.1. The lowest BCUT2D eigenvalue weighted by Crippen LogP contribution is -2.00. The van der Waals surface area contributed by atoms with Gasteiger partial charge in [-0.3, -0.25) is 4.79 Å². The van der Waals surface area contributed by atoms with Crippen LogP contribution in [-0.4, -0.2) is 5.78 Å². The molecule has 0 amide bonds. The summed E-state index contributed by atoms with van der Waals surface area (Å²) in [6, 6.07) is 9.76. The van der Waals surface area contributed by atoms with E-state index in [4.69, 9.17) is 4.74 Å². The number of ketones is 1. The molecule has 2 nitrogen and oxygen atoms in total. The molecule has 0 bridgehead atoms. The number of ether oxygens (including phenoxy) is 1. The van der Waals surface area contributed by atoms with Crippen LogP contribution >= 0.6 is 15.9 Å². The van der Waals surface area contributed by atoms with Crippen LogP contribution in [0.15, 0.2) is 40.9 Å². The number of carbonyl (C=O) groups excluding carboxylic acids is 1. The maximum atomic E-state index is 13.6. The summed E-state index contributed by atoms with van der Waals surface area (Å²) in [5.74, 6) is -0.135. The van der Waals surface area contributed by atoms with Crippen molar-refractivity contribution in [1.29, 1.82) is 0 Å². The van der Waals surface area contributed by atoms with Crippen molar-refractivity contribution >= 4 is 21.7 Å². The number of Topliss-reactive ketones (excluding diaryl/α,β-unsaturated/α-hetero) is 1. The molecule has 0 heterocycles. The predicted molar refractivity (Wildman–Crippen MR) is 75.4 cm³/mol. The van der Waals surface area contributed by atoms with Crippen molar-refractivity contribution in [3.63, 3.8) is 0 Å². The second kappa shape index (κ2) is 5.53. The van der Waals surface area contributed by atoms with E-state index >= 15 is 0 Å². The fourth-order valence-electron chi connectivity index (χ4n) is 1.74. The highest BCUT2D eigenvalue weighted by atomic mass is 79.9. The Morgan fingerprint density at radius 3 is 2.63 bits per heavy atom. The zero-order valence-electron chi connectivity index (χ0n) is 10.5. The first kappa shape index (κ1) is 13.7. The van der Waals surface area contributed by atoms with Gasteiger partial charge in [-0.1, -0.05) is 22.0 Å². The Morgan fingerprint density at radius 1 is 1.26 bits per heavy atom. The lowest BCUT2D eigenvalue weighted by molar-refractivity contribution is 0.101. The minimum Gasteiger partial charge on any atom is -0.456 e. The van der Waals surface area contributed by atoms with Gasteiger partial charge in [-0.05, 0) is 49.7 Å². The fourth-order valence-corrected chi connectivity index (χ4v) is 1.99. The Balaban J connectivity index is 2.40. The summed E-state index contributed by atoms with van der Waals surface area (Å²) in [4.78, 5) is 11.5. The van der Waals surface area contributed by atoms with Gasteiger partial charge < -0.3 is 4.74 Å². The first-order chi connectivity index (χ1) is 8.99. The van der Waals surface area contributed by atoms with Gasteiger partial charge in [0, 0.05) is 4.47 Å². The largest absolute Gasteiger partial charge is 0.456 e. The van der Waals surface area contributed by atoms with Gasteiger partial charge in [0.05, 0.1) is 5.56 Å². The smallest absolute Gasteiger partial charge is 0.166 e. The summed E-state index contributed by atoms with van der Waals surface area (Å²) >= 11 is 3.39. The summed E-state index contributed by atoms with van der Waals surface area (Å²) < 4.78 is 20.2. The van der Waals surface area contributed by atoms with E-state index in [0.717, 1.165) is 10.0 Å². The molecule has 0 fully saturated rings. The van der Waals surface area contributed by atoms with E-state index in [9.17, 15) is 9.18 Å². The number of rotatable bonds is 3. The van der Waals surface area contributed by atoms with Crippen LogP contribution in [0.1, 0.15) is 22.8 Å². The number of benzene rings is 2.